The summed E-state index contributed by atoms with van der Waals surface area (Å²) in [7, 11) is 0. The summed E-state index contributed by atoms with van der Waals surface area (Å²) in [6.07, 6.45) is 3.97. The molecule has 3 atom stereocenters. The molecule has 0 amide bonds. The molecule has 0 aromatic heterocycles. The number of benzene rings is 1. The molecule has 1 N–H and O–H groups in total. The Balaban J connectivity index is 2.11. The van der Waals surface area contributed by atoms with E-state index < -0.39 is 0 Å². The molecule has 17 heavy (non-hydrogen) atoms. The first kappa shape index (κ1) is 12.8. The molecule has 0 heterocycles. The fraction of sp³-hybridized carbons (Fsp3) is 0.600. The lowest BCUT2D eigenvalue weighted by atomic mass is 9.80. The van der Waals surface area contributed by atoms with Crippen LogP contribution in [0.4, 0.5) is 5.69 Å². The molecule has 1 aromatic rings. The van der Waals surface area contributed by atoms with Crippen LogP contribution in [0.1, 0.15) is 38.7 Å². The van der Waals surface area contributed by atoms with Gasteiger partial charge in [0.25, 0.3) is 0 Å². The minimum absolute atomic E-state index is 0.593. The van der Waals surface area contributed by atoms with Crippen LogP contribution in [0.15, 0.2) is 18.2 Å². The Hall–Kier alpha value is -0.690. The third kappa shape index (κ3) is 2.95. The molecule has 1 nitrogen and oxygen atoms in total. The second-order valence-corrected chi connectivity index (χ2v) is 5.97. The molecule has 2 heteroatoms. The van der Waals surface area contributed by atoms with E-state index in [1.54, 1.807) is 0 Å². The van der Waals surface area contributed by atoms with Gasteiger partial charge < -0.3 is 5.32 Å². The molecule has 0 radical (unpaired) electrons. The van der Waals surface area contributed by atoms with Gasteiger partial charge in [-0.15, -0.1) is 0 Å². The van der Waals surface area contributed by atoms with Crippen molar-refractivity contribution >= 4 is 17.3 Å². The minimum Gasteiger partial charge on any atom is -0.382 e. The molecule has 1 aromatic carbocycles. The van der Waals surface area contributed by atoms with E-state index in [4.69, 9.17) is 11.6 Å². The molecule has 1 fully saturated rings. The van der Waals surface area contributed by atoms with Gasteiger partial charge >= 0.3 is 0 Å². The highest BCUT2D eigenvalue weighted by molar-refractivity contribution is 6.31. The van der Waals surface area contributed by atoms with Crippen molar-refractivity contribution in [2.45, 2.75) is 46.1 Å². The zero-order valence-electron chi connectivity index (χ0n) is 11.0. The minimum atomic E-state index is 0.593. The highest BCUT2D eigenvalue weighted by Crippen LogP contribution is 2.32. The van der Waals surface area contributed by atoms with Gasteiger partial charge in [0, 0.05) is 16.8 Å². The Morgan fingerprint density at radius 2 is 2.00 bits per heavy atom. The summed E-state index contributed by atoms with van der Waals surface area (Å²) in [6.45, 7) is 6.79. The maximum atomic E-state index is 6.16. The summed E-state index contributed by atoms with van der Waals surface area (Å²) < 4.78 is 0. The maximum Gasteiger partial charge on any atom is 0.0455 e. The Bertz CT molecular complexity index is 389. The van der Waals surface area contributed by atoms with Crippen LogP contribution in [0, 0.1) is 18.8 Å². The number of nitrogens with one attached hydrogen (secondary N) is 1. The molecule has 1 aliphatic rings. The molecule has 0 saturated heterocycles. The normalized spacial score (nSPS) is 29.1. The van der Waals surface area contributed by atoms with Crippen molar-refractivity contribution in [3.05, 3.63) is 28.8 Å². The van der Waals surface area contributed by atoms with E-state index in [1.165, 1.54) is 30.5 Å². The molecular weight excluding hydrogens is 230 g/mol. The van der Waals surface area contributed by atoms with Crippen LogP contribution in [0.3, 0.4) is 0 Å². The van der Waals surface area contributed by atoms with Crippen LogP contribution in [0.25, 0.3) is 0 Å². The van der Waals surface area contributed by atoms with Gasteiger partial charge in [0.2, 0.25) is 0 Å². The molecule has 1 aliphatic carbocycles. The van der Waals surface area contributed by atoms with Crippen LogP contribution in [-0.4, -0.2) is 6.04 Å². The number of anilines is 1. The summed E-state index contributed by atoms with van der Waals surface area (Å²) >= 11 is 6.16. The molecule has 0 spiro atoms. The van der Waals surface area contributed by atoms with Crippen LogP contribution in [0.5, 0.6) is 0 Å². The highest BCUT2D eigenvalue weighted by Gasteiger charge is 2.25. The second kappa shape index (κ2) is 5.30. The van der Waals surface area contributed by atoms with Crippen LogP contribution in [0.2, 0.25) is 5.02 Å². The van der Waals surface area contributed by atoms with Crippen molar-refractivity contribution in [2.75, 3.05) is 5.32 Å². The lowest BCUT2D eigenvalue weighted by molar-refractivity contribution is 0.280. The van der Waals surface area contributed by atoms with E-state index in [2.05, 4.69) is 32.2 Å². The van der Waals surface area contributed by atoms with E-state index in [1.807, 2.05) is 12.1 Å². The van der Waals surface area contributed by atoms with Crippen LogP contribution < -0.4 is 5.32 Å². The third-order valence-corrected chi connectivity index (χ3v) is 4.48. The van der Waals surface area contributed by atoms with Gasteiger partial charge in [-0.2, -0.15) is 0 Å². The Morgan fingerprint density at radius 1 is 1.24 bits per heavy atom. The Morgan fingerprint density at radius 3 is 2.76 bits per heavy atom. The summed E-state index contributed by atoms with van der Waals surface area (Å²) in [4.78, 5) is 0. The van der Waals surface area contributed by atoms with E-state index in [0.717, 1.165) is 16.9 Å². The predicted molar refractivity (Wildman–Crippen MR) is 75.8 cm³/mol. The maximum absolute atomic E-state index is 6.16. The van der Waals surface area contributed by atoms with Gasteiger partial charge in [0.1, 0.15) is 0 Å². The largest absolute Gasteiger partial charge is 0.382 e. The lowest BCUT2D eigenvalue weighted by Crippen LogP contribution is -2.33. The molecule has 94 valence electrons. The lowest BCUT2D eigenvalue weighted by Gasteiger charge is -2.34. The molecular formula is C15H22ClN. The number of hydrogen-bond acceptors (Lipinski definition) is 1. The summed E-state index contributed by atoms with van der Waals surface area (Å²) in [6, 6.07) is 6.70. The van der Waals surface area contributed by atoms with Crippen molar-refractivity contribution in [1.82, 2.24) is 0 Å². The smallest absolute Gasteiger partial charge is 0.0455 e. The van der Waals surface area contributed by atoms with Gasteiger partial charge in [-0.3, -0.25) is 0 Å². The van der Waals surface area contributed by atoms with Gasteiger partial charge in [-0.05, 0) is 49.3 Å². The summed E-state index contributed by atoms with van der Waals surface area (Å²) in [5, 5.41) is 4.54. The van der Waals surface area contributed by atoms with Gasteiger partial charge in [0.15, 0.2) is 0 Å². The quantitative estimate of drug-likeness (QED) is 0.790. The Kier molecular flexibility index (Phi) is 3.98. The SMILES string of the molecule is Cc1c(Cl)cccc1NC1CC(C)CCC1C. The van der Waals surface area contributed by atoms with Crippen molar-refractivity contribution in [2.24, 2.45) is 11.8 Å². The summed E-state index contributed by atoms with van der Waals surface area (Å²) in [5.41, 5.74) is 2.36. The first-order chi connectivity index (χ1) is 8.08. The standard InChI is InChI=1S/C15H22ClN/c1-10-7-8-11(2)15(9-10)17-14-6-4-5-13(16)12(14)3/h4-6,10-11,15,17H,7-9H2,1-3H3. The van der Waals surface area contributed by atoms with E-state index in [-0.39, 0.29) is 0 Å². The van der Waals surface area contributed by atoms with E-state index >= 15 is 0 Å². The number of halogens is 1. The second-order valence-electron chi connectivity index (χ2n) is 5.56. The third-order valence-electron chi connectivity index (χ3n) is 4.07. The van der Waals surface area contributed by atoms with E-state index in [0.29, 0.717) is 6.04 Å². The van der Waals surface area contributed by atoms with E-state index in [9.17, 15) is 0 Å². The fourth-order valence-electron chi connectivity index (χ4n) is 2.70. The van der Waals surface area contributed by atoms with Crippen molar-refractivity contribution in [3.63, 3.8) is 0 Å². The first-order valence-electron chi connectivity index (χ1n) is 6.59. The zero-order chi connectivity index (χ0) is 12.4. The predicted octanol–water partition coefficient (Wildman–Crippen LogP) is 4.89. The van der Waals surface area contributed by atoms with Crippen molar-refractivity contribution < 1.29 is 0 Å². The number of hydrogen-bond donors (Lipinski definition) is 1. The topological polar surface area (TPSA) is 12.0 Å². The van der Waals surface area contributed by atoms with Crippen molar-refractivity contribution in [1.29, 1.82) is 0 Å². The van der Waals surface area contributed by atoms with Gasteiger partial charge in [0.05, 0.1) is 0 Å². The van der Waals surface area contributed by atoms with Crippen LogP contribution >= 0.6 is 11.6 Å². The summed E-state index contributed by atoms with van der Waals surface area (Å²) in [5.74, 6) is 1.59. The zero-order valence-corrected chi connectivity index (χ0v) is 11.7. The first-order valence-corrected chi connectivity index (χ1v) is 6.97. The van der Waals surface area contributed by atoms with Crippen LogP contribution in [-0.2, 0) is 0 Å². The fourth-order valence-corrected chi connectivity index (χ4v) is 2.87. The molecule has 2 rings (SSSR count). The highest BCUT2D eigenvalue weighted by atomic mass is 35.5. The average molecular weight is 252 g/mol. The Labute approximate surface area is 110 Å². The molecule has 1 saturated carbocycles. The number of rotatable bonds is 2. The van der Waals surface area contributed by atoms with Crippen molar-refractivity contribution in [3.8, 4) is 0 Å². The van der Waals surface area contributed by atoms with Gasteiger partial charge in [-0.25, -0.2) is 0 Å². The molecule has 0 aliphatic heterocycles. The van der Waals surface area contributed by atoms with Gasteiger partial charge in [-0.1, -0.05) is 37.9 Å². The molecule has 0 bridgehead atoms. The monoisotopic (exact) mass is 251 g/mol. The average Bonchev–Trinajstić information content (AvgIpc) is 2.30. The molecule has 3 unspecified atom stereocenters.